The molecule has 1 fully saturated rings. The second-order valence-electron chi connectivity index (χ2n) is 6.46. The van der Waals surface area contributed by atoms with Gasteiger partial charge in [-0.3, -0.25) is 4.79 Å². The van der Waals surface area contributed by atoms with E-state index in [9.17, 15) is 18.0 Å². The molecule has 1 amide bonds. The predicted octanol–water partition coefficient (Wildman–Crippen LogP) is 3.46. The van der Waals surface area contributed by atoms with E-state index in [2.05, 4.69) is 21.9 Å². The zero-order chi connectivity index (χ0) is 20.3. The Kier molecular flexibility index (Phi) is 5.53. The smallest absolute Gasteiger partial charge is 0.350 e. The van der Waals surface area contributed by atoms with E-state index >= 15 is 0 Å². The minimum Gasteiger partial charge on any atom is -0.350 e. The summed E-state index contributed by atoms with van der Waals surface area (Å²) < 4.78 is 38.2. The number of amides is 1. The summed E-state index contributed by atoms with van der Waals surface area (Å²) in [6.45, 7) is 7.09. The van der Waals surface area contributed by atoms with Crippen LogP contribution in [0.1, 0.15) is 12.5 Å². The Hall–Kier alpha value is -3.10. The number of rotatable bonds is 4. The molecule has 1 N–H and O–H groups in total. The lowest BCUT2D eigenvalue weighted by molar-refractivity contribution is -0.137. The number of piperazine rings is 1. The van der Waals surface area contributed by atoms with Gasteiger partial charge in [0, 0.05) is 43.8 Å². The predicted molar refractivity (Wildman–Crippen MR) is 100 cm³/mol. The van der Waals surface area contributed by atoms with Crippen LogP contribution in [-0.4, -0.2) is 46.5 Å². The van der Waals surface area contributed by atoms with E-state index in [1.54, 1.807) is 11.1 Å². The summed E-state index contributed by atoms with van der Waals surface area (Å²) in [5.74, 6) is 0.910. The molecule has 0 aliphatic carbocycles. The second kappa shape index (κ2) is 7.87. The highest BCUT2D eigenvalue weighted by Gasteiger charge is 2.30. The summed E-state index contributed by atoms with van der Waals surface area (Å²) in [7, 11) is 0. The van der Waals surface area contributed by atoms with Crippen molar-refractivity contribution in [3.63, 3.8) is 0 Å². The lowest BCUT2D eigenvalue weighted by atomic mass is 10.2. The Balaban J connectivity index is 1.77. The molecule has 1 aromatic carbocycles. The molecular weight excluding hydrogens is 371 g/mol. The van der Waals surface area contributed by atoms with Crippen LogP contribution >= 0.6 is 0 Å². The van der Waals surface area contributed by atoms with E-state index < -0.39 is 11.7 Å². The van der Waals surface area contributed by atoms with Gasteiger partial charge in [0.15, 0.2) is 11.6 Å². The van der Waals surface area contributed by atoms with Gasteiger partial charge in [-0.25, -0.2) is 9.97 Å². The van der Waals surface area contributed by atoms with E-state index in [0.717, 1.165) is 12.1 Å². The molecular formula is C19H20F3N5O. The van der Waals surface area contributed by atoms with Crippen molar-refractivity contribution >= 4 is 23.2 Å². The van der Waals surface area contributed by atoms with Crippen molar-refractivity contribution < 1.29 is 18.0 Å². The van der Waals surface area contributed by atoms with Crippen molar-refractivity contribution in [3.8, 4) is 0 Å². The molecule has 0 spiro atoms. The Morgan fingerprint density at radius 3 is 2.50 bits per heavy atom. The van der Waals surface area contributed by atoms with Gasteiger partial charge < -0.3 is 15.1 Å². The minimum absolute atomic E-state index is 0.0415. The fourth-order valence-electron chi connectivity index (χ4n) is 3.12. The monoisotopic (exact) mass is 391 g/mol. The van der Waals surface area contributed by atoms with Crippen molar-refractivity contribution in [2.45, 2.75) is 19.1 Å². The number of nitrogens with zero attached hydrogens (tertiary/aromatic N) is 4. The van der Waals surface area contributed by atoms with Gasteiger partial charge in [-0.2, -0.15) is 13.2 Å². The van der Waals surface area contributed by atoms with E-state index in [4.69, 9.17) is 0 Å². The summed E-state index contributed by atoms with van der Waals surface area (Å²) in [5.41, 5.74) is -0.238. The Bertz CT molecular complexity index is 853. The molecule has 2 aromatic rings. The van der Waals surface area contributed by atoms with Crippen LogP contribution in [0.25, 0.3) is 0 Å². The average molecular weight is 391 g/mol. The highest BCUT2D eigenvalue weighted by atomic mass is 19.4. The maximum atomic E-state index is 12.7. The number of benzene rings is 1. The van der Waals surface area contributed by atoms with Gasteiger partial charge in [0.2, 0.25) is 5.91 Å². The third-order valence-electron chi connectivity index (χ3n) is 4.54. The maximum absolute atomic E-state index is 12.7. The lowest BCUT2D eigenvalue weighted by Gasteiger charge is -2.40. The van der Waals surface area contributed by atoms with Crippen LogP contribution in [0.4, 0.5) is 30.5 Å². The fourth-order valence-corrected chi connectivity index (χ4v) is 3.12. The summed E-state index contributed by atoms with van der Waals surface area (Å²) in [5, 5.41) is 3.03. The molecule has 0 saturated carbocycles. The maximum Gasteiger partial charge on any atom is 0.416 e. The third kappa shape index (κ3) is 4.24. The van der Waals surface area contributed by atoms with E-state index in [1.807, 2.05) is 11.8 Å². The topological polar surface area (TPSA) is 61.4 Å². The van der Waals surface area contributed by atoms with Gasteiger partial charge in [0.05, 0.1) is 5.56 Å². The van der Waals surface area contributed by atoms with Crippen molar-refractivity contribution in [1.82, 2.24) is 14.9 Å². The molecule has 0 bridgehead atoms. The van der Waals surface area contributed by atoms with Gasteiger partial charge in [-0.15, -0.1) is 0 Å². The molecule has 1 atom stereocenters. The third-order valence-corrected chi connectivity index (χ3v) is 4.54. The first-order valence-electron chi connectivity index (χ1n) is 8.73. The number of anilines is 3. The zero-order valence-corrected chi connectivity index (χ0v) is 15.3. The van der Waals surface area contributed by atoms with Crippen LogP contribution < -0.4 is 10.2 Å². The van der Waals surface area contributed by atoms with E-state index in [-0.39, 0.29) is 11.9 Å². The summed E-state index contributed by atoms with van der Waals surface area (Å²) in [4.78, 5) is 24.3. The Morgan fingerprint density at radius 1 is 1.21 bits per heavy atom. The minimum atomic E-state index is -4.38. The standard InChI is InChI=1S/C19H20F3N5O/c1-3-16(28)27-11-10-26(12-13(27)2)18-17(23-8-9-24-18)25-15-6-4-14(5-7-15)19(20,21)22/h3-9,13H,1,10-12H2,2H3,(H,23,25)/t13-/m0/s1. The Morgan fingerprint density at radius 2 is 1.89 bits per heavy atom. The Labute approximate surface area is 160 Å². The quantitative estimate of drug-likeness (QED) is 0.809. The second-order valence-corrected chi connectivity index (χ2v) is 6.46. The van der Waals surface area contributed by atoms with E-state index in [1.165, 1.54) is 24.4 Å². The van der Waals surface area contributed by atoms with Crippen LogP contribution in [0.2, 0.25) is 0 Å². The highest BCUT2D eigenvalue weighted by molar-refractivity contribution is 5.87. The number of carbonyl (C=O) groups is 1. The first-order valence-corrected chi connectivity index (χ1v) is 8.73. The van der Waals surface area contributed by atoms with Crippen molar-refractivity contribution in [1.29, 1.82) is 0 Å². The lowest BCUT2D eigenvalue weighted by Crippen LogP contribution is -2.54. The number of nitrogens with one attached hydrogen (secondary N) is 1. The van der Waals surface area contributed by atoms with Gasteiger partial charge in [0.1, 0.15) is 0 Å². The van der Waals surface area contributed by atoms with Crippen LogP contribution in [0.15, 0.2) is 49.3 Å². The number of carbonyl (C=O) groups excluding carboxylic acids is 1. The van der Waals surface area contributed by atoms with Crippen LogP contribution in [0.3, 0.4) is 0 Å². The molecule has 148 valence electrons. The van der Waals surface area contributed by atoms with Crippen LogP contribution in [-0.2, 0) is 11.0 Å². The van der Waals surface area contributed by atoms with Gasteiger partial charge in [-0.05, 0) is 37.3 Å². The normalized spacial score (nSPS) is 17.4. The van der Waals surface area contributed by atoms with Crippen molar-refractivity contribution in [2.24, 2.45) is 0 Å². The number of alkyl halides is 3. The molecule has 1 aliphatic heterocycles. The van der Waals surface area contributed by atoms with Crippen LogP contribution in [0, 0.1) is 0 Å². The number of hydrogen-bond acceptors (Lipinski definition) is 5. The van der Waals surface area contributed by atoms with Crippen molar-refractivity contribution in [2.75, 3.05) is 29.9 Å². The molecule has 6 nitrogen and oxygen atoms in total. The first kappa shape index (κ1) is 19.7. The SMILES string of the molecule is C=CC(=O)N1CCN(c2nccnc2Nc2ccc(C(F)(F)F)cc2)C[C@@H]1C. The average Bonchev–Trinajstić information content (AvgIpc) is 2.67. The number of halogens is 3. The number of aromatic nitrogens is 2. The molecule has 1 aliphatic rings. The summed E-state index contributed by atoms with van der Waals surface area (Å²) in [6, 6.07) is 4.69. The molecule has 0 radical (unpaired) electrons. The summed E-state index contributed by atoms with van der Waals surface area (Å²) in [6.07, 6.45) is -0.0168. The van der Waals surface area contributed by atoms with Gasteiger partial charge >= 0.3 is 6.18 Å². The van der Waals surface area contributed by atoms with Crippen LogP contribution in [0.5, 0.6) is 0 Å². The zero-order valence-electron chi connectivity index (χ0n) is 15.3. The molecule has 1 aromatic heterocycles. The molecule has 2 heterocycles. The van der Waals surface area contributed by atoms with Gasteiger partial charge in [0.25, 0.3) is 0 Å². The first-order chi connectivity index (χ1) is 13.3. The fraction of sp³-hybridized carbons (Fsp3) is 0.316. The highest BCUT2D eigenvalue weighted by Crippen LogP contribution is 2.31. The van der Waals surface area contributed by atoms with Crippen molar-refractivity contribution in [3.05, 3.63) is 54.9 Å². The molecule has 28 heavy (non-hydrogen) atoms. The largest absolute Gasteiger partial charge is 0.416 e. The molecule has 9 heteroatoms. The van der Waals surface area contributed by atoms with Gasteiger partial charge in [-0.1, -0.05) is 6.58 Å². The molecule has 0 unspecified atom stereocenters. The molecule has 1 saturated heterocycles. The van der Waals surface area contributed by atoms with E-state index in [0.29, 0.717) is 37.0 Å². The summed E-state index contributed by atoms with van der Waals surface area (Å²) >= 11 is 0. The molecule has 3 rings (SSSR count). The number of hydrogen-bond donors (Lipinski definition) is 1.